The number of methoxy groups -OCH3 is 1. The minimum atomic E-state index is -1.17. The largest absolute Gasteiger partial charge is 0.497 e. The maximum Gasteiger partial charge on any atom is 0.305 e. The van der Waals surface area contributed by atoms with Crippen LogP contribution in [0.5, 0.6) is 5.75 Å². The average molecular weight is 553 g/mol. The van der Waals surface area contributed by atoms with Gasteiger partial charge < -0.3 is 30.7 Å². The molecule has 2 heterocycles. The number of carbonyl (C=O) groups excluding carboxylic acids is 3. The highest BCUT2D eigenvalue weighted by atomic mass is 35.5. The van der Waals surface area contributed by atoms with Crippen molar-refractivity contribution >= 4 is 36.1 Å². The smallest absolute Gasteiger partial charge is 0.305 e. The van der Waals surface area contributed by atoms with Crippen molar-refractivity contribution in [1.82, 2.24) is 20.9 Å². The molecular formula is C27H41ClN4O6. The third-order valence-electron chi connectivity index (χ3n) is 7.25. The first-order valence-electron chi connectivity index (χ1n) is 13.3. The van der Waals surface area contributed by atoms with Gasteiger partial charge in [0.05, 0.1) is 19.4 Å². The summed E-state index contributed by atoms with van der Waals surface area (Å²) in [6, 6.07) is 6.27. The first-order chi connectivity index (χ1) is 17.9. The van der Waals surface area contributed by atoms with Crippen molar-refractivity contribution in [3.8, 4) is 5.75 Å². The summed E-state index contributed by atoms with van der Waals surface area (Å²) in [5.74, 6) is -1.18. The van der Waals surface area contributed by atoms with Crippen LogP contribution in [0.1, 0.15) is 50.5 Å². The number of benzene rings is 1. The Balaban J connectivity index is 0.00000507. The van der Waals surface area contributed by atoms with Crippen molar-refractivity contribution < 1.29 is 29.0 Å². The monoisotopic (exact) mass is 552 g/mol. The van der Waals surface area contributed by atoms with Crippen LogP contribution in [0.2, 0.25) is 0 Å². The molecule has 2 atom stereocenters. The van der Waals surface area contributed by atoms with Crippen molar-refractivity contribution in [2.24, 2.45) is 11.8 Å². The number of likely N-dealkylation sites (tertiary alicyclic amines) is 1. The Kier molecular flexibility index (Phi) is 13.4. The summed E-state index contributed by atoms with van der Waals surface area (Å²) in [6.07, 6.45) is 4.88. The molecule has 2 aliphatic rings. The first kappa shape index (κ1) is 31.4. The SMILES string of the molecule is COc1ccc(CCNC(=O)C(CC(=O)O)NC(=O)[C@@H]2CCCN(C(=O)CCC3CCNCC3)C2)cc1.Cl. The highest BCUT2D eigenvalue weighted by Gasteiger charge is 2.32. The summed E-state index contributed by atoms with van der Waals surface area (Å²) in [5.41, 5.74) is 0.993. The summed E-state index contributed by atoms with van der Waals surface area (Å²) in [6.45, 7) is 3.23. The first-order valence-corrected chi connectivity index (χ1v) is 13.3. The summed E-state index contributed by atoms with van der Waals surface area (Å²) in [7, 11) is 1.59. The van der Waals surface area contributed by atoms with Crippen molar-refractivity contribution in [2.45, 2.75) is 57.4 Å². The normalized spacial score (nSPS) is 18.6. The molecule has 1 aromatic rings. The maximum absolute atomic E-state index is 13.0. The van der Waals surface area contributed by atoms with E-state index in [1.54, 1.807) is 12.0 Å². The molecular weight excluding hydrogens is 512 g/mol. The van der Waals surface area contributed by atoms with Crippen LogP contribution in [0.15, 0.2) is 24.3 Å². The van der Waals surface area contributed by atoms with Gasteiger partial charge in [0.25, 0.3) is 0 Å². The molecule has 0 aromatic heterocycles. The lowest BCUT2D eigenvalue weighted by Crippen LogP contribution is -2.52. The molecule has 0 spiro atoms. The number of carboxylic acid groups (broad SMARTS) is 1. The molecule has 0 bridgehead atoms. The number of hydrogen-bond acceptors (Lipinski definition) is 6. The second-order valence-corrected chi connectivity index (χ2v) is 9.96. The van der Waals surface area contributed by atoms with Gasteiger partial charge >= 0.3 is 5.97 Å². The van der Waals surface area contributed by atoms with Gasteiger partial charge in [0.1, 0.15) is 11.8 Å². The number of aliphatic carboxylic acids is 1. The number of rotatable bonds is 12. The molecule has 4 N–H and O–H groups in total. The molecule has 2 fully saturated rings. The Morgan fingerprint density at radius 1 is 1.13 bits per heavy atom. The Morgan fingerprint density at radius 2 is 1.84 bits per heavy atom. The molecule has 1 unspecified atom stereocenters. The van der Waals surface area contributed by atoms with E-state index in [4.69, 9.17) is 4.74 Å². The van der Waals surface area contributed by atoms with E-state index in [2.05, 4.69) is 16.0 Å². The topological polar surface area (TPSA) is 137 Å². The van der Waals surface area contributed by atoms with Gasteiger partial charge in [0.2, 0.25) is 17.7 Å². The zero-order chi connectivity index (χ0) is 26.6. The lowest BCUT2D eigenvalue weighted by molar-refractivity contribution is -0.141. The molecule has 0 radical (unpaired) electrons. The standard InChI is InChI=1S/C27H40N4O6.ClH/c1-37-22-7-4-19(5-8-22)12-15-29-27(36)23(17-25(33)34)30-26(35)21-3-2-16-31(18-21)24(32)9-6-20-10-13-28-14-11-20;/h4-5,7-8,20-21,23,28H,2-3,6,9-18H2,1H3,(H,29,36)(H,30,35)(H,33,34);1H/t21-,23?;/m1./s1. The molecule has 3 rings (SSSR count). The number of amides is 3. The Labute approximate surface area is 230 Å². The number of halogens is 1. The zero-order valence-corrected chi connectivity index (χ0v) is 22.9. The van der Waals surface area contributed by atoms with Crippen molar-refractivity contribution in [1.29, 1.82) is 0 Å². The van der Waals surface area contributed by atoms with Crippen LogP contribution in [-0.2, 0) is 25.6 Å². The van der Waals surface area contributed by atoms with Gasteiger partial charge in [-0.1, -0.05) is 12.1 Å². The minimum Gasteiger partial charge on any atom is -0.497 e. The molecule has 0 aliphatic carbocycles. The highest BCUT2D eigenvalue weighted by Crippen LogP contribution is 2.22. The molecule has 3 amide bonds. The minimum absolute atomic E-state index is 0. The summed E-state index contributed by atoms with van der Waals surface area (Å²) < 4.78 is 5.13. The number of nitrogens with one attached hydrogen (secondary N) is 3. The van der Waals surface area contributed by atoms with Gasteiger partial charge in [0.15, 0.2) is 0 Å². The van der Waals surface area contributed by atoms with E-state index in [0.717, 1.165) is 43.7 Å². The lowest BCUT2D eigenvalue weighted by atomic mass is 9.92. The molecule has 10 nitrogen and oxygen atoms in total. The lowest BCUT2D eigenvalue weighted by Gasteiger charge is -2.33. The quantitative estimate of drug-likeness (QED) is 0.310. The second-order valence-electron chi connectivity index (χ2n) is 9.96. The fourth-order valence-electron chi connectivity index (χ4n) is 4.99. The van der Waals surface area contributed by atoms with E-state index in [-0.39, 0.29) is 24.2 Å². The van der Waals surface area contributed by atoms with E-state index in [0.29, 0.717) is 51.2 Å². The predicted molar refractivity (Wildman–Crippen MR) is 145 cm³/mol. The summed E-state index contributed by atoms with van der Waals surface area (Å²) >= 11 is 0. The molecule has 0 saturated carbocycles. The summed E-state index contributed by atoms with van der Waals surface area (Å²) in [5, 5.41) is 18.0. The van der Waals surface area contributed by atoms with E-state index in [9.17, 15) is 24.3 Å². The van der Waals surface area contributed by atoms with Crippen LogP contribution in [-0.4, -0.2) is 79.6 Å². The van der Waals surface area contributed by atoms with Crippen LogP contribution in [0, 0.1) is 11.8 Å². The van der Waals surface area contributed by atoms with Gasteiger partial charge in [-0.15, -0.1) is 12.4 Å². The van der Waals surface area contributed by atoms with E-state index < -0.39 is 30.3 Å². The number of carbonyl (C=O) groups is 4. The van der Waals surface area contributed by atoms with Gasteiger partial charge in [-0.25, -0.2) is 0 Å². The maximum atomic E-state index is 13.0. The van der Waals surface area contributed by atoms with Crippen LogP contribution in [0.3, 0.4) is 0 Å². The number of piperidine rings is 2. The predicted octanol–water partition coefficient (Wildman–Crippen LogP) is 1.75. The van der Waals surface area contributed by atoms with E-state index in [1.807, 2.05) is 24.3 Å². The number of nitrogens with zero attached hydrogens (tertiary/aromatic N) is 1. The van der Waals surface area contributed by atoms with Crippen LogP contribution < -0.4 is 20.7 Å². The van der Waals surface area contributed by atoms with Gasteiger partial charge in [-0.05, 0) is 75.2 Å². The molecule has 2 saturated heterocycles. The summed E-state index contributed by atoms with van der Waals surface area (Å²) in [4.78, 5) is 51.6. The average Bonchev–Trinajstić information content (AvgIpc) is 2.92. The van der Waals surface area contributed by atoms with Crippen LogP contribution >= 0.6 is 12.4 Å². The van der Waals surface area contributed by atoms with E-state index >= 15 is 0 Å². The fourth-order valence-corrected chi connectivity index (χ4v) is 4.99. The number of hydrogen-bond donors (Lipinski definition) is 4. The highest BCUT2D eigenvalue weighted by molar-refractivity contribution is 5.91. The van der Waals surface area contributed by atoms with Crippen molar-refractivity contribution in [3.05, 3.63) is 29.8 Å². The molecule has 38 heavy (non-hydrogen) atoms. The zero-order valence-electron chi connectivity index (χ0n) is 22.1. The molecule has 212 valence electrons. The molecule has 2 aliphatic heterocycles. The van der Waals surface area contributed by atoms with Gasteiger partial charge in [0, 0.05) is 26.1 Å². The van der Waals surface area contributed by atoms with Crippen LogP contribution in [0.4, 0.5) is 0 Å². The third kappa shape index (κ3) is 10.1. The number of carboxylic acids is 1. The van der Waals surface area contributed by atoms with E-state index in [1.165, 1.54) is 0 Å². The molecule has 11 heteroatoms. The Morgan fingerprint density at radius 3 is 2.50 bits per heavy atom. The Hall–Kier alpha value is -2.85. The fraction of sp³-hybridized carbons (Fsp3) is 0.630. The third-order valence-corrected chi connectivity index (χ3v) is 7.25. The molecule has 1 aromatic carbocycles. The second kappa shape index (κ2) is 16.2. The van der Waals surface area contributed by atoms with Crippen molar-refractivity contribution in [2.75, 3.05) is 39.8 Å². The van der Waals surface area contributed by atoms with Crippen molar-refractivity contribution in [3.63, 3.8) is 0 Å². The Bertz CT molecular complexity index is 923. The van der Waals surface area contributed by atoms with Crippen LogP contribution in [0.25, 0.3) is 0 Å². The van der Waals surface area contributed by atoms with Gasteiger partial charge in [-0.3, -0.25) is 19.2 Å². The number of ether oxygens (including phenoxy) is 1. The van der Waals surface area contributed by atoms with Gasteiger partial charge in [-0.2, -0.15) is 0 Å².